The molecule has 108 valence electrons. The van der Waals surface area contributed by atoms with E-state index in [1.807, 2.05) is 6.20 Å². The largest absolute Gasteiger partial charge is 0.378 e. The quantitative estimate of drug-likeness (QED) is 0.757. The summed E-state index contributed by atoms with van der Waals surface area (Å²) in [6.45, 7) is 3.37. The fraction of sp³-hybridized carbons (Fsp3) is 0.286. The van der Waals surface area contributed by atoms with E-state index in [0.717, 1.165) is 58.2 Å². The van der Waals surface area contributed by atoms with Crippen molar-refractivity contribution in [2.45, 2.75) is 0 Å². The Bertz CT molecular complexity index is 778. The fourth-order valence-corrected chi connectivity index (χ4v) is 3.69. The van der Waals surface area contributed by atoms with Crippen LogP contribution in [0.15, 0.2) is 28.3 Å². The van der Waals surface area contributed by atoms with Crippen LogP contribution in [-0.4, -0.2) is 41.3 Å². The third kappa shape index (κ3) is 2.45. The molecule has 3 aromatic rings. The highest BCUT2D eigenvalue weighted by atomic mass is 79.9. The number of hydrogen-bond donors (Lipinski definition) is 1. The number of thiazole rings is 1. The topological polar surface area (TPSA) is 54.0 Å². The summed E-state index contributed by atoms with van der Waals surface area (Å²) in [5, 5.41) is 4.25. The lowest BCUT2D eigenvalue weighted by molar-refractivity contribution is 0.122. The predicted molar refractivity (Wildman–Crippen MR) is 87.9 cm³/mol. The molecule has 0 bridgehead atoms. The first kappa shape index (κ1) is 13.2. The number of fused-ring (bicyclic) bond motifs is 1. The fourth-order valence-electron chi connectivity index (χ4n) is 2.48. The van der Waals surface area contributed by atoms with Gasteiger partial charge in [0.15, 0.2) is 5.13 Å². The first-order chi connectivity index (χ1) is 10.3. The lowest BCUT2D eigenvalue weighted by atomic mass is 10.2. The number of nitrogens with zero attached hydrogens (tertiary/aromatic N) is 3. The first-order valence-electron chi connectivity index (χ1n) is 6.72. The van der Waals surface area contributed by atoms with Gasteiger partial charge in [-0.2, -0.15) is 0 Å². The van der Waals surface area contributed by atoms with Crippen molar-refractivity contribution in [1.29, 1.82) is 0 Å². The maximum absolute atomic E-state index is 5.39. The molecule has 3 aromatic heterocycles. The first-order valence-corrected chi connectivity index (χ1v) is 8.40. The Labute approximate surface area is 134 Å². The van der Waals surface area contributed by atoms with Gasteiger partial charge in [-0.15, -0.1) is 11.3 Å². The van der Waals surface area contributed by atoms with Gasteiger partial charge in [0.1, 0.15) is 5.65 Å². The Balaban J connectivity index is 1.72. The summed E-state index contributed by atoms with van der Waals surface area (Å²) in [7, 11) is 0. The monoisotopic (exact) mass is 364 g/mol. The summed E-state index contributed by atoms with van der Waals surface area (Å²) in [5.74, 6) is 0. The molecule has 0 atom stereocenters. The SMILES string of the molecule is Brc1cnc2[nH]cc(-c3csc(N4CCOCC4)n3)c2c1. The van der Waals surface area contributed by atoms with Crippen molar-refractivity contribution in [2.75, 3.05) is 31.2 Å². The van der Waals surface area contributed by atoms with Crippen LogP contribution in [0.25, 0.3) is 22.3 Å². The lowest BCUT2D eigenvalue weighted by Gasteiger charge is -2.25. The lowest BCUT2D eigenvalue weighted by Crippen LogP contribution is -2.36. The van der Waals surface area contributed by atoms with Crippen LogP contribution < -0.4 is 4.90 Å². The van der Waals surface area contributed by atoms with Crippen LogP contribution in [0.2, 0.25) is 0 Å². The molecule has 0 aliphatic carbocycles. The minimum absolute atomic E-state index is 0.777. The number of rotatable bonds is 2. The van der Waals surface area contributed by atoms with Gasteiger partial charge in [0.2, 0.25) is 0 Å². The number of aromatic nitrogens is 3. The van der Waals surface area contributed by atoms with E-state index in [9.17, 15) is 0 Å². The Kier molecular flexibility index (Phi) is 3.40. The Hall–Kier alpha value is -1.44. The molecule has 21 heavy (non-hydrogen) atoms. The Morgan fingerprint density at radius 3 is 3.05 bits per heavy atom. The van der Waals surface area contributed by atoms with Gasteiger partial charge in [-0.05, 0) is 22.0 Å². The van der Waals surface area contributed by atoms with E-state index in [1.54, 1.807) is 17.5 Å². The van der Waals surface area contributed by atoms with Crippen molar-refractivity contribution in [3.8, 4) is 11.3 Å². The van der Waals surface area contributed by atoms with Crippen LogP contribution in [0.3, 0.4) is 0 Å². The van der Waals surface area contributed by atoms with Crippen molar-refractivity contribution >= 4 is 43.4 Å². The van der Waals surface area contributed by atoms with E-state index in [4.69, 9.17) is 9.72 Å². The van der Waals surface area contributed by atoms with Crippen LogP contribution in [0.4, 0.5) is 5.13 Å². The maximum Gasteiger partial charge on any atom is 0.186 e. The smallest absolute Gasteiger partial charge is 0.186 e. The molecular weight excluding hydrogens is 352 g/mol. The van der Waals surface area contributed by atoms with Crippen LogP contribution in [0.5, 0.6) is 0 Å². The second-order valence-electron chi connectivity index (χ2n) is 4.87. The number of anilines is 1. The van der Waals surface area contributed by atoms with Crippen LogP contribution in [0.1, 0.15) is 0 Å². The van der Waals surface area contributed by atoms with Crippen molar-refractivity contribution in [1.82, 2.24) is 15.0 Å². The van der Waals surface area contributed by atoms with Gasteiger partial charge in [0.05, 0.1) is 18.9 Å². The third-order valence-electron chi connectivity index (χ3n) is 3.55. The zero-order valence-electron chi connectivity index (χ0n) is 11.2. The van der Waals surface area contributed by atoms with Crippen molar-refractivity contribution < 1.29 is 4.74 Å². The Morgan fingerprint density at radius 1 is 1.33 bits per heavy atom. The van der Waals surface area contributed by atoms with E-state index in [0.29, 0.717) is 0 Å². The number of morpholine rings is 1. The Morgan fingerprint density at radius 2 is 2.19 bits per heavy atom. The van der Waals surface area contributed by atoms with Gasteiger partial charge in [-0.25, -0.2) is 9.97 Å². The van der Waals surface area contributed by atoms with Crippen LogP contribution in [0, 0.1) is 0 Å². The van der Waals surface area contributed by atoms with Gasteiger partial charge in [0, 0.05) is 46.3 Å². The van der Waals surface area contributed by atoms with Crippen molar-refractivity contribution in [3.05, 3.63) is 28.3 Å². The minimum Gasteiger partial charge on any atom is -0.378 e. The van der Waals surface area contributed by atoms with E-state index >= 15 is 0 Å². The molecule has 1 N–H and O–H groups in total. The number of aromatic amines is 1. The highest BCUT2D eigenvalue weighted by Crippen LogP contribution is 2.32. The molecule has 4 rings (SSSR count). The average Bonchev–Trinajstić information content (AvgIpc) is 3.14. The molecule has 1 saturated heterocycles. The third-order valence-corrected chi connectivity index (χ3v) is 4.88. The maximum atomic E-state index is 5.39. The molecule has 0 saturated carbocycles. The molecule has 7 heteroatoms. The minimum atomic E-state index is 0.777. The number of halogens is 1. The summed E-state index contributed by atoms with van der Waals surface area (Å²) >= 11 is 5.16. The number of nitrogens with one attached hydrogen (secondary N) is 1. The van der Waals surface area contributed by atoms with Gasteiger partial charge in [-0.3, -0.25) is 0 Å². The second-order valence-corrected chi connectivity index (χ2v) is 6.62. The molecule has 1 fully saturated rings. The van der Waals surface area contributed by atoms with Crippen LogP contribution >= 0.6 is 27.3 Å². The highest BCUT2D eigenvalue weighted by Gasteiger charge is 2.16. The second kappa shape index (κ2) is 5.40. The zero-order valence-corrected chi connectivity index (χ0v) is 13.6. The molecule has 4 heterocycles. The normalized spacial score (nSPS) is 15.8. The molecular formula is C14H13BrN4OS. The van der Waals surface area contributed by atoms with Gasteiger partial charge in [0.25, 0.3) is 0 Å². The van der Waals surface area contributed by atoms with E-state index < -0.39 is 0 Å². The number of pyridine rings is 1. The molecule has 0 amide bonds. The van der Waals surface area contributed by atoms with Crippen LogP contribution in [-0.2, 0) is 4.74 Å². The van der Waals surface area contributed by atoms with Gasteiger partial charge >= 0.3 is 0 Å². The highest BCUT2D eigenvalue weighted by molar-refractivity contribution is 9.10. The number of H-pyrrole nitrogens is 1. The summed E-state index contributed by atoms with van der Waals surface area (Å²) in [6, 6.07) is 2.07. The van der Waals surface area contributed by atoms with E-state index in [2.05, 4.69) is 42.2 Å². The summed E-state index contributed by atoms with van der Waals surface area (Å²) in [6.07, 6.45) is 3.77. The molecule has 5 nitrogen and oxygen atoms in total. The summed E-state index contributed by atoms with van der Waals surface area (Å²) < 4.78 is 6.36. The zero-order chi connectivity index (χ0) is 14.2. The summed E-state index contributed by atoms with van der Waals surface area (Å²) in [4.78, 5) is 14.6. The number of ether oxygens (including phenoxy) is 1. The van der Waals surface area contributed by atoms with E-state index in [-0.39, 0.29) is 0 Å². The van der Waals surface area contributed by atoms with Gasteiger partial charge < -0.3 is 14.6 Å². The number of hydrogen-bond acceptors (Lipinski definition) is 5. The average molecular weight is 365 g/mol. The standard InChI is InChI=1S/C14H13BrN4OS/c15-9-5-10-11(7-17-13(10)16-6-9)12-8-21-14(18-12)19-1-3-20-4-2-19/h5-8H,1-4H2,(H,16,17). The van der Waals surface area contributed by atoms with Crippen molar-refractivity contribution in [3.63, 3.8) is 0 Å². The van der Waals surface area contributed by atoms with E-state index in [1.165, 1.54) is 0 Å². The molecule has 1 aliphatic heterocycles. The predicted octanol–water partition coefficient (Wildman–Crippen LogP) is 3.29. The summed E-state index contributed by atoms with van der Waals surface area (Å²) in [5.41, 5.74) is 2.97. The molecule has 0 radical (unpaired) electrons. The molecule has 1 aliphatic rings. The molecule has 0 aromatic carbocycles. The molecule has 0 unspecified atom stereocenters. The molecule has 0 spiro atoms. The van der Waals surface area contributed by atoms with Gasteiger partial charge in [-0.1, -0.05) is 0 Å². The van der Waals surface area contributed by atoms with Crippen molar-refractivity contribution in [2.24, 2.45) is 0 Å².